The zero-order chi connectivity index (χ0) is 10.1. The van der Waals surface area contributed by atoms with Gasteiger partial charge in [-0.3, -0.25) is 0 Å². The Morgan fingerprint density at radius 2 is 2.14 bits per heavy atom. The summed E-state index contributed by atoms with van der Waals surface area (Å²) >= 11 is 3.47. The molecule has 1 saturated carbocycles. The fourth-order valence-electron chi connectivity index (χ4n) is 1.69. The van der Waals surface area contributed by atoms with E-state index in [4.69, 9.17) is 0 Å². The van der Waals surface area contributed by atoms with Crippen molar-refractivity contribution in [2.45, 2.75) is 32.2 Å². The van der Waals surface area contributed by atoms with Crippen molar-refractivity contribution in [1.82, 2.24) is 4.98 Å². The van der Waals surface area contributed by atoms with Crippen molar-refractivity contribution in [3.63, 3.8) is 0 Å². The van der Waals surface area contributed by atoms with Crippen LogP contribution in [0.5, 0.6) is 0 Å². The molecule has 0 spiro atoms. The lowest BCUT2D eigenvalue weighted by molar-refractivity contribution is 0.399. The van der Waals surface area contributed by atoms with Crippen molar-refractivity contribution in [2.75, 3.05) is 11.9 Å². The third-order valence-electron chi connectivity index (χ3n) is 2.99. The molecule has 0 aliphatic heterocycles. The van der Waals surface area contributed by atoms with E-state index < -0.39 is 0 Å². The minimum absolute atomic E-state index is 0.711. The van der Waals surface area contributed by atoms with Gasteiger partial charge in [0.15, 0.2) is 0 Å². The van der Waals surface area contributed by atoms with E-state index in [1.807, 2.05) is 6.92 Å². The van der Waals surface area contributed by atoms with Crippen LogP contribution >= 0.6 is 15.9 Å². The molecule has 0 N–H and O–H groups in total. The molecule has 1 fully saturated rings. The molecule has 2 nitrogen and oxygen atoms in total. The molecule has 0 aromatic carbocycles. The summed E-state index contributed by atoms with van der Waals surface area (Å²) in [6, 6.07) is 4.87. The Kier molecular flexibility index (Phi) is 2.77. The minimum Gasteiger partial charge on any atom is -0.357 e. The second-order valence-corrected chi connectivity index (χ2v) is 4.79. The van der Waals surface area contributed by atoms with E-state index in [9.17, 15) is 0 Å². The van der Waals surface area contributed by atoms with Crippen LogP contribution in [-0.2, 0) is 0 Å². The Balaban J connectivity index is 2.18. The molecular formula is C11H15BrN2. The summed E-state index contributed by atoms with van der Waals surface area (Å²) in [6.07, 6.45) is 3.99. The predicted molar refractivity (Wildman–Crippen MR) is 62.7 cm³/mol. The summed E-state index contributed by atoms with van der Waals surface area (Å²) in [6.45, 7) is 2.03. The first-order valence-corrected chi connectivity index (χ1v) is 5.84. The third kappa shape index (κ3) is 1.78. The van der Waals surface area contributed by atoms with Crippen LogP contribution in [0.15, 0.2) is 16.6 Å². The van der Waals surface area contributed by atoms with Crippen molar-refractivity contribution in [3.05, 3.63) is 22.3 Å². The normalized spacial score (nSPS) is 16.5. The Hall–Kier alpha value is -0.570. The first kappa shape index (κ1) is 9.97. The summed E-state index contributed by atoms with van der Waals surface area (Å²) < 4.78 is 1.09. The van der Waals surface area contributed by atoms with Gasteiger partial charge in [-0.25, -0.2) is 4.98 Å². The van der Waals surface area contributed by atoms with E-state index >= 15 is 0 Å². The molecule has 0 atom stereocenters. The maximum atomic E-state index is 4.55. The number of hydrogen-bond acceptors (Lipinski definition) is 2. The van der Waals surface area contributed by atoms with Gasteiger partial charge in [-0.15, -0.1) is 0 Å². The van der Waals surface area contributed by atoms with Crippen LogP contribution < -0.4 is 4.90 Å². The summed E-state index contributed by atoms with van der Waals surface area (Å²) in [5.41, 5.74) is 1.06. The zero-order valence-corrected chi connectivity index (χ0v) is 10.2. The van der Waals surface area contributed by atoms with Gasteiger partial charge in [-0.1, -0.05) is 0 Å². The van der Waals surface area contributed by atoms with Crippen LogP contribution in [0.4, 0.5) is 5.82 Å². The summed E-state index contributed by atoms with van der Waals surface area (Å²) in [4.78, 5) is 6.85. The van der Waals surface area contributed by atoms with E-state index in [1.54, 1.807) is 0 Å². The van der Waals surface area contributed by atoms with Crippen molar-refractivity contribution in [1.29, 1.82) is 0 Å². The van der Waals surface area contributed by atoms with Crippen molar-refractivity contribution < 1.29 is 0 Å². The molecule has 1 aromatic rings. The number of pyridine rings is 1. The monoisotopic (exact) mass is 254 g/mol. The number of hydrogen-bond donors (Lipinski definition) is 0. The number of nitrogens with zero attached hydrogens (tertiary/aromatic N) is 2. The van der Waals surface area contributed by atoms with Crippen molar-refractivity contribution in [3.8, 4) is 0 Å². The van der Waals surface area contributed by atoms with E-state index in [-0.39, 0.29) is 0 Å². The van der Waals surface area contributed by atoms with Crippen LogP contribution in [0.2, 0.25) is 0 Å². The van der Waals surface area contributed by atoms with Crippen LogP contribution in [0.1, 0.15) is 25.0 Å². The van der Waals surface area contributed by atoms with Gasteiger partial charge >= 0.3 is 0 Å². The molecule has 0 unspecified atom stereocenters. The van der Waals surface area contributed by atoms with E-state index in [0.29, 0.717) is 6.04 Å². The molecule has 2 rings (SSSR count). The van der Waals surface area contributed by atoms with Crippen LogP contribution in [0.25, 0.3) is 0 Å². The predicted octanol–water partition coefficient (Wildman–Crippen LogP) is 3.14. The maximum absolute atomic E-state index is 4.55. The Bertz CT molecular complexity index is 334. The fraction of sp³-hybridized carbons (Fsp3) is 0.545. The number of aromatic nitrogens is 1. The SMILES string of the molecule is Cc1nc(N(C)C2CCC2)ccc1Br. The molecule has 0 amide bonds. The van der Waals surface area contributed by atoms with Gasteiger partial charge < -0.3 is 4.90 Å². The maximum Gasteiger partial charge on any atom is 0.128 e. The van der Waals surface area contributed by atoms with Gasteiger partial charge in [0, 0.05) is 17.6 Å². The highest BCUT2D eigenvalue weighted by Gasteiger charge is 2.22. The summed E-state index contributed by atoms with van der Waals surface area (Å²) in [5, 5.41) is 0. The van der Waals surface area contributed by atoms with Crippen LogP contribution in [0, 0.1) is 6.92 Å². The van der Waals surface area contributed by atoms with Gasteiger partial charge in [0.25, 0.3) is 0 Å². The highest BCUT2D eigenvalue weighted by Crippen LogP contribution is 2.28. The largest absolute Gasteiger partial charge is 0.357 e. The first-order valence-electron chi connectivity index (χ1n) is 5.04. The molecule has 0 radical (unpaired) electrons. The molecule has 3 heteroatoms. The average Bonchev–Trinajstić information content (AvgIpc) is 2.06. The van der Waals surface area contributed by atoms with Gasteiger partial charge in [0.05, 0.1) is 5.69 Å². The van der Waals surface area contributed by atoms with Crippen LogP contribution in [-0.4, -0.2) is 18.1 Å². The topological polar surface area (TPSA) is 16.1 Å². The molecule has 0 bridgehead atoms. The molecule has 1 aliphatic rings. The molecule has 1 aromatic heterocycles. The van der Waals surface area contributed by atoms with Gasteiger partial charge in [-0.05, 0) is 54.2 Å². The Morgan fingerprint density at radius 1 is 1.43 bits per heavy atom. The number of rotatable bonds is 2. The van der Waals surface area contributed by atoms with Gasteiger partial charge in [-0.2, -0.15) is 0 Å². The number of anilines is 1. The van der Waals surface area contributed by atoms with E-state index in [0.717, 1.165) is 16.0 Å². The smallest absolute Gasteiger partial charge is 0.128 e. The second kappa shape index (κ2) is 3.89. The lowest BCUT2D eigenvalue weighted by Crippen LogP contribution is -2.37. The molecule has 76 valence electrons. The third-order valence-corrected chi connectivity index (χ3v) is 3.83. The standard InChI is InChI=1S/C11H15BrN2/c1-8-10(12)6-7-11(13-8)14(2)9-4-3-5-9/h6-7,9H,3-5H2,1-2H3. The fourth-order valence-corrected chi connectivity index (χ4v) is 1.91. The van der Waals surface area contributed by atoms with E-state index in [1.165, 1.54) is 19.3 Å². The molecule has 14 heavy (non-hydrogen) atoms. The summed E-state index contributed by atoms with van der Waals surface area (Å²) in [7, 11) is 2.14. The van der Waals surface area contributed by atoms with Crippen molar-refractivity contribution >= 4 is 21.7 Å². The Morgan fingerprint density at radius 3 is 2.64 bits per heavy atom. The lowest BCUT2D eigenvalue weighted by Gasteiger charge is -2.35. The second-order valence-electron chi connectivity index (χ2n) is 3.93. The Labute approximate surface area is 93.5 Å². The number of aryl methyl sites for hydroxylation is 1. The quantitative estimate of drug-likeness (QED) is 0.807. The highest BCUT2D eigenvalue weighted by molar-refractivity contribution is 9.10. The highest BCUT2D eigenvalue weighted by atomic mass is 79.9. The average molecular weight is 255 g/mol. The van der Waals surface area contributed by atoms with Crippen LogP contribution in [0.3, 0.4) is 0 Å². The molecule has 0 saturated heterocycles. The molecule has 1 heterocycles. The van der Waals surface area contributed by atoms with Gasteiger partial charge in [0.2, 0.25) is 0 Å². The summed E-state index contributed by atoms with van der Waals surface area (Å²) in [5.74, 6) is 1.09. The van der Waals surface area contributed by atoms with Crippen molar-refractivity contribution in [2.24, 2.45) is 0 Å². The molecular weight excluding hydrogens is 240 g/mol. The first-order chi connectivity index (χ1) is 6.68. The molecule has 1 aliphatic carbocycles. The van der Waals surface area contributed by atoms with Gasteiger partial charge in [0.1, 0.15) is 5.82 Å². The number of halogens is 1. The minimum atomic E-state index is 0.711. The lowest BCUT2D eigenvalue weighted by atomic mass is 9.92. The van der Waals surface area contributed by atoms with E-state index in [2.05, 4.69) is 45.0 Å². The zero-order valence-electron chi connectivity index (χ0n) is 8.63.